The molecule has 0 aromatic rings. The van der Waals surface area contributed by atoms with Crippen LogP contribution in [0.2, 0.25) is 0 Å². The molecular formula is C26H38ClN3O7. The lowest BCUT2D eigenvalue weighted by atomic mass is 9.85. The number of hydrogen-bond acceptors (Lipinski definition) is 7. The number of carbonyl (C=O) groups excluding carboxylic acids is 4. The molecule has 2 aliphatic heterocycles. The van der Waals surface area contributed by atoms with Crippen LogP contribution in [0.4, 0.5) is 0 Å². The van der Waals surface area contributed by atoms with Crippen molar-refractivity contribution in [2.75, 3.05) is 26.9 Å². The first-order valence-electron chi connectivity index (χ1n) is 12.7. The number of nitrogens with zero attached hydrogens (tertiary/aromatic N) is 1. The van der Waals surface area contributed by atoms with Crippen LogP contribution in [0, 0.1) is 11.3 Å². The molecule has 0 aromatic heterocycles. The number of cyclic esters (lactones) is 1. The number of likely N-dealkylation sites (tertiary alicyclic amines) is 1. The Labute approximate surface area is 223 Å². The smallest absolute Gasteiger partial charge is 0.310 e. The minimum absolute atomic E-state index is 0.00632. The highest BCUT2D eigenvalue weighted by atomic mass is 35.5. The summed E-state index contributed by atoms with van der Waals surface area (Å²) in [7, 11) is 1.61. The predicted molar refractivity (Wildman–Crippen MR) is 136 cm³/mol. The molecule has 3 rings (SSSR count). The van der Waals surface area contributed by atoms with Gasteiger partial charge in [0.15, 0.2) is 0 Å². The Morgan fingerprint density at radius 1 is 1.27 bits per heavy atom. The summed E-state index contributed by atoms with van der Waals surface area (Å²) in [5, 5.41) is 6.11. The summed E-state index contributed by atoms with van der Waals surface area (Å²) in [5.41, 5.74) is -0.314. The topological polar surface area (TPSA) is 123 Å². The molecule has 2 heterocycles. The summed E-state index contributed by atoms with van der Waals surface area (Å²) < 4.78 is 15.7. The van der Waals surface area contributed by atoms with Gasteiger partial charge in [0.2, 0.25) is 18.1 Å². The third-order valence-corrected chi connectivity index (χ3v) is 7.10. The van der Waals surface area contributed by atoms with E-state index in [0.717, 1.165) is 0 Å². The third kappa shape index (κ3) is 7.12. The average molecular weight is 540 g/mol. The quantitative estimate of drug-likeness (QED) is 0.430. The summed E-state index contributed by atoms with van der Waals surface area (Å²) in [4.78, 5) is 53.4. The van der Waals surface area contributed by atoms with Crippen LogP contribution in [-0.4, -0.2) is 79.9 Å². The van der Waals surface area contributed by atoms with Gasteiger partial charge in [-0.2, -0.15) is 0 Å². The van der Waals surface area contributed by atoms with E-state index in [1.807, 2.05) is 26.8 Å². The molecule has 3 amide bonds. The van der Waals surface area contributed by atoms with Crippen molar-refractivity contribution in [3.8, 4) is 0 Å². The minimum atomic E-state index is -0.886. The zero-order chi connectivity index (χ0) is 27.3. The second-order valence-electron chi connectivity index (χ2n) is 10.7. The second-order valence-corrected chi connectivity index (χ2v) is 11.1. The number of esters is 1. The van der Waals surface area contributed by atoms with E-state index >= 15 is 0 Å². The molecule has 3 aliphatic rings. The second kappa shape index (κ2) is 12.4. The van der Waals surface area contributed by atoms with E-state index in [0.29, 0.717) is 49.6 Å². The molecule has 2 N–H and O–H groups in total. The van der Waals surface area contributed by atoms with E-state index in [1.165, 1.54) is 4.90 Å². The molecule has 5 atom stereocenters. The molecule has 0 spiro atoms. The van der Waals surface area contributed by atoms with Crippen LogP contribution in [0.15, 0.2) is 22.8 Å². The van der Waals surface area contributed by atoms with Gasteiger partial charge in [0, 0.05) is 31.2 Å². The lowest BCUT2D eigenvalue weighted by molar-refractivity contribution is -0.164. The van der Waals surface area contributed by atoms with Gasteiger partial charge in [0.1, 0.15) is 18.1 Å². The first kappa shape index (κ1) is 29.1. The number of amides is 3. The zero-order valence-electron chi connectivity index (χ0n) is 22.2. The fourth-order valence-electron chi connectivity index (χ4n) is 4.83. The lowest BCUT2D eigenvalue weighted by Gasteiger charge is -2.36. The number of nitrogens with one attached hydrogen (secondary N) is 2. The molecule has 37 heavy (non-hydrogen) atoms. The van der Waals surface area contributed by atoms with Crippen molar-refractivity contribution in [1.82, 2.24) is 15.5 Å². The summed E-state index contributed by atoms with van der Waals surface area (Å²) >= 11 is 6.42. The summed E-state index contributed by atoms with van der Waals surface area (Å²) in [5.74, 6) is -1.51. The molecule has 0 aromatic carbocycles. The van der Waals surface area contributed by atoms with Crippen molar-refractivity contribution in [3.05, 3.63) is 22.8 Å². The van der Waals surface area contributed by atoms with Crippen LogP contribution in [0.5, 0.6) is 0 Å². The van der Waals surface area contributed by atoms with Crippen molar-refractivity contribution in [2.45, 2.75) is 77.8 Å². The maximum Gasteiger partial charge on any atom is 0.310 e. The number of allylic oxidation sites excluding steroid dienone is 1. The van der Waals surface area contributed by atoms with Crippen molar-refractivity contribution < 1.29 is 33.4 Å². The van der Waals surface area contributed by atoms with Gasteiger partial charge < -0.3 is 29.7 Å². The molecule has 0 bridgehead atoms. The SMILES string of the molecule is CCO[C@@H]1OC(=O)C[C@@H]1NC(=O)[C@@H]1CCCN1C(=O)[C@@H](NC(=O)C1=C(Cl)CC(COC)C=C1)C(C)(C)C. The number of rotatable bonds is 9. The van der Waals surface area contributed by atoms with Crippen LogP contribution >= 0.6 is 11.6 Å². The van der Waals surface area contributed by atoms with E-state index in [2.05, 4.69) is 10.6 Å². The van der Waals surface area contributed by atoms with Crippen molar-refractivity contribution in [2.24, 2.45) is 11.3 Å². The molecular weight excluding hydrogens is 502 g/mol. The van der Waals surface area contributed by atoms with Gasteiger partial charge in [-0.3, -0.25) is 19.2 Å². The highest BCUT2D eigenvalue weighted by molar-refractivity contribution is 6.32. The fourth-order valence-corrected chi connectivity index (χ4v) is 5.18. The molecule has 2 fully saturated rings. The molecule has 1 unspecified atom stereocenters. The van der Waals surface area contributed by atoms with Gasteiger partial charge in [0.25, 0.3) is 5.91 Å². The molecule has 206 valence electrons. The molecule has 0 radical (unpaired) electrons. The van der Waals surface area contributed by atoms with Crippen LogP contribution in [0.25, 0.3) is 0 Å². The number of ether oxygens (including phenoxy) is 3. The number of halogens is 1. The van der Waals surface area contributed by atoms with Gasteiger partial charge in [-0.25, -0.2) is 0 Å². The molecule has 11 heteroatoms. The Balaban J connectivity index is 1.71. The Morgan fingerprint density at radius 2 is 2.00 bits per heavy atom. The van der Waals surface area contributed by atoms with Crippen LogP contribution in [-0.2, 0) is 33.4 Å². The normalized spacial score (nSPS) is 26.8. The van der Waals surface area contributed by atoms with Gasteiger partial charge in [-0.15, -0.1) is 0 Å². The van der Waals surface area contributed by atoms with E-state index in [4.69, 9.17) is 25.8 Å². The molecule has 2 saturated heterocycles. The van der Waals surface area contributed by atoms with Gasteiger partial charge >= 0.3 is 5.97 Å². The van der Waals surface area contributed by atoms with Crippen LogP contribution < -0.4 is 10.6 Å². The minimum Gasteiger partial charge on any atom is -0.433 e. The van der Waals surface area contributed by atoms with E-state index in [9.17, 15) is 19.2 Å². The van der Waals surface area contributed by atoms with E-state index < -0.39 is 41.7 Å². The number of carbonyl (C=O) groups is 4. The number of methoxy groups -OCH3 is 1. The average Bonchev–Trinajstić information content (AvgIpc) is 3.43. The van der Waals surface area contributed by atoms with Gasteiger partial charge in [0.05, 0.1) is 18.6 Å². The van der Waals surface area contributed by atoms with Crippen LogP contribution in [0.3, 0.4) is 0 Å². The van der Waals surface area contributed by atoms with Crippen LogP contribution in [0.1, 0.15) is 53.4 Å². The van der Waals surface area contributed by atoms with Crippen molar-refractivity contribution >= 4 is 35.3 Å². The van der Waals surface area contributed by atoms with E-state index in [-0.39, 0.29) is 24.2 Å². The number of hydrogen-bond donors (Lipinski definition) is 2. The standard InChI is InChI=1S/C26H38ClN3O7/c1-6-36-25-18(13-20(31)37-25)28-23(33)19-8-7-11-30(19)24(34)21(26(2,3)4)29-22(32)16-10-9-15(14-35-5)12-17(16)27/h9-10,15,18-19,21,25H,6-8,11-14H2,1-5H3,(H,28,33)(H,29,32)/t15?,18-,19-,21+,25+/m0/s1. The Bertz CT molecular complexity index is 958. The largest absolute Gasteiger partial charge is 0.433 e. The summed E-state index contributed by atoms with van der Waals surface area (Å²) in [6, 6.07) is -2.23. The monoisotopic (exact) mass is 539 g/mol. The lowest BCUT2D eigenvalue weighted by Crippen LogP contribution is -2.58. The molecule has 0 saturated carbocycles. The summed E-state index contributed by atoms with van der Waals surface area (Å²) in [6.45, 7) is 8.55. The maximum atomic E-state index is 13.7. The third-order valence-electron chi connectivity index (χ3n) is 6.74. The maximum absolute atomic E-state index is 13.7. The highest BCUT2D eigenvalue weighted by Gasteiger charge is 2.44. The highest BCUT2D eigenvalue weighted by Crippen LogP contribution is 2.30. The Morgan fingerprint density at radius 3 is 2.62 bits per heavy atom. The Kier molecular flexibility index (Phi) is 9.77. The molecule has 1 aliphatic carbocycles. The zero-order valence-corrected chi connectivity index (χ0v) is 22.9. The fraction of sp³-hybridized carbons (Fsp3) is 0.692. The Hall–Kier alpha value is -2.43. The van der Waals surface area contributed by atoms with Crippen molar-refractivity contribution in [1.29, 1.82) is 0 Å². The van der Waals surface area contributed by atoms with Gasteiger partial charge in [-0.1, -0.05) is 44.5 Å². The van der Waals surface area contributed by atoms with Crippen molar-refractivity contribution in [3.63, 3.8) is 0 Å². The first-order chi connectivity index (χ1) is 17.5. The molecule has 10 nitrogen and oxygen atoms in total. The van der Waals surface area contributed by atoms with Gasteiger partial charge in [-0.05, 0) is 31.6 Å². The predicted octanol–water partition coefficient (Wildman–Crippen LogP) is 2.02. The van der Waals surface area contributed by atoms with E-state index in [1.54, 1.807) is 20.1 Å². The first-order valence-corrected chi connectivity index (χ1v) is 13.1. The summed E-state index contributed by atoms with van der Waals surface area (Å²) in [6.07, 6.45) is 4.30.